The third-order valence-electron chi connectivity index (χ3n) is 3.52. The molecule has 0 bridgehead atoms. The first kappa shape index (κ1) is 13.2. The van der Waals surface area contributed by atoms with E-state index in [9.17, 15) is 9.90 Å². The Hall–Kier alpha value is -1.84. The number of carbonyl (C=O) groups excluding carboxylic acids is 1. The lowest BCUT2D eigenvalue weighted by molar-refractivity contribution is -0.115. The highest BCUT2D eigenvalue weighted by Gasteiger charge is 2.20. The summed E-state index contributed by atoms with van der Waals surface area (Å²) in [6.45, 7) is 1.95. The number of nitrogens with one attached hydrogen (secondary N) is 1. The molecule has 1 aliphatic heterocycles. The van der Waals surface area contributed by atoms with Crippen LogP contribution in [0.1, 0.15) is 28.4 Å². The van der Waals surface area contributed by atoms with Gasteiger partial charge in [0.05, 0.1) is 6.42 Å². The van der Waals surface area contributed by atoms with Crippen molar-refractivity contribution in [2.45, 2.75) is 19.4 Å². The van der Waals surface area contributed by atoms with Crippen LogP contribution < -0.4 is 5.32 Å². The number of benzene rings is 2. The van der Waals surface area contributed by atoms with Crippen LogP contribution in [-0.2, 0) is 11.2 Å². The SMILES string of the molecule is Cc1ccc(C(O)c2ccc3c(c2)CC(=O)N3)c(Cl)c1. The Morgan fingerprint density at radius 1 is 1.25 bits per heavy atom. The van der Waals surface area contributed by atoms with E-state index in [0.29, 0.717) is 17.0 Å². The van der Waals surface area contributed by atoms with E-state index < -0.39 is 6.10 Å². The minimum Gasteiger partial charge on any atom is -0.384 e. The fraction of sp³-hybridized carbons (Fsp3) is 0.188. The van der Waals surface area contributed by atoms with Crippen LogP contribution in [0.3, 0.4) is 0 Å². The fourth-order valence-corrected chi connectivity index (χ4v) is 2.79. The number of hydrogen-bond acceptors (Lipinski definition) is 2. The molecule has 2 N–H and O–H groups in total. The summed E-state index contributed by atoms with van der Waals surface area (Å²) >= 11 is 6.19. The molecule has 0 spiro atoms. The van der Waals surface area contributed by atoms with Gasteiger partial charge in [0, 0.05) is 16.3 Å². The van der Waals surface area contributed by atoms with Gasteiger partial charge in [0.15, 0.2) is 0 Å². The molecule has 1 aliphatic rings. The second-order valence-corrected chi connectivity index (χ2v) is 5.48. The van der Waals surface area contributed by atoms with Crippen LogP contribution in [0.15, 0.2) is 36.4 Å². The molecule has 20 heavy (non-hydrogen) atoms. The van der Waals surface area contributed by atoms with Crippen LogP contribution >= 0.6 is 11.6 Å². The first-order valence-electron chi connectivity index (χ1n) is 6.41. The van der Waals surface area contributed by atoms with Gasteiger partial charge in [0.2, 0.25) is 5.91 Å². The highest BCUT2D eigenvalue weighted by molar-refractivity contribution is 6.31. The number of hydrogen-bond donors (Lipinski definition) is 2. The Morgan fingerprint density at radius 3 is 2.80 bits per heavy atom. The maximum Gasteiger partial charge on any atom is 0.228 e. The molecule has 0 aromatic heterocycles. The summed E-state index contributed by atoms with van der Waals surface area (Å²) in [5.74, 6) is -0.0139. The Kier molecular flexibility index (Phi) is 3.24. The van der Waals surface area contributed by atoms with E-state index in [0.717, 1.165) is 22.4 Å². The van der Waals surface area contributed by atoms with Crippen LogP contribution in [0.2, 0.25) is 5.02 Å². The zero-order valence-electron chi connectivity index (χ0n) is 11.0. The summed E-state index contributed by atoms with van der Waals surface area (Å²) in [6, 6.07) is 11.1. The highest BCUT2D eigenvalue weighted by atomic mass is 35.5. The van der Waals surface area contributed by atoms with E-state index in [2.05, 4.69) is 5.32 Å². The van der Waals surface area contributed by atoms with Crippen molar-refractivity contribution in [3.05, 3.63) is 63.7 Å². The molecule has 1 heterocycles. The smallest absolute Gasteiger partial charge is 0.228 e. The summed E-state index contributed by atoms with van der Waals surface area (Å²) in [6.07, 6.45) is -0.429. The molecule has 1 unspecified atom stereocenters. The molecule has 3 rings (SSSR count). The zero-order valence-corrected chi connectivity index (χ0v) is 11.7. The van der Waals surface area contributed by atoms with Crippen LogP contribution in [0.5, 0.6) is 0 Å². The first-order valence-corrected chi connectivity index (χ1v) is 6.79. The van der Waals surface area contributed by atoms with Crippen molar-refractivity contribution in [3.8, 4) is 0 Å². The number of aliphatic hydroxyl groups excluding tert-OH is 1. The molecule has 3 nitrogen and oxygen atoms in total. The number of aryl methyl sites for hydroxylation is 1. The number of aliphatic hydroxyl groups is 1. The molecular weight excluding hydrogens is 274 g/mol. The minimum atomic E-state index is -0.788. The predicted octanol–water partition coefficient (Wildman–Crippen LogP) is 3.22. The van der Waals surface area contributed by atoms with Crippen LogP contribution in [0, 0.1) is 6.92 Å². The van der Waals surface area contributed by atoms with Crippen molar-refractivity contribution < 1.29 is 9.90 Å². The molecule has 2 aromatic rings. The number of halogens is 1. The largest absolute Gasteiger partial charge is 0.384 e. The monoisotopic (exact) mass is 287 g/mol. The number of anilines is 1. The molecule has 102 valence electrons. The maximum absolute atomic E-state index is 11.3. The topological polar surface area (TPSA) is 49.3 Å². The Bertz CT molecular complexity index is 697. The molecule has 4 heteroatoms. The summed E-state index contributed by atoms with van der Waals surface area (Å²) in [5, 5.41) is 13.8. The molecule has 1 amide bonds. The van der Waals surface area contributed by atoms with E-state index >= 15 is 0 Å². The third-order valence-corrected chi connectivity index (χ3v) is 3.85. The molecular formula is C16H14ClNO2. The van der Waals surface area contributed by atoms with Gasteiger partial charge in [-0.25, -0.2) is 0 Å². The summed E-state index contributed by atoms with van der Waals surface area (Å²) < 4.78 is 0. The van der Waals surface area contributed by atoms with Gasteiger partial charge >= 0.3 is 0 Å². The third kappa shape index (κ3) is 2.30. The van der Waals surface area contributed by atoms with E-state index in [-0.39, 0.29) is 5.91 Å². The average molecular weight is 288 g/mol. The quantitative estimate of drug-likeness (QED) is 0.891. The lowest BCUT2D eigenvalue weighted by Gasteiger charge is -2.14. The molecule has 2 aromatic carbocycles. The number of amides is 1. The molecule has 0 saturated carbocycles. The maximum atomic E-state index is 11.3. The zero-order chi connectivity index (χ0) is 14.3. The summed E-state index contributed by atoms with van der Waals surface area (Å²) in [5.41, 5.74) is 4.20. The van der Waals surface area contributed by atoms with Gasteiger partial charge in [-0.05, 0) is 35.7 Å². The van der Waals surface area contributed by atoms with E-state index in [1.165, 1.54) is 0 Å². The van der Waals surface area contributed by atoms with Crippen LogP contribution in [-0.4, -0.2) is 11.0 Å². The van der Waals surface area contributed by atoms with E-state index in [1.807, 2.05) is 43.3 Å². The predicted molar refractivity (Wildman–Crippen MR) is 79.0 cm³/mol. The molecule has 0 saturated heterocycles. The van der Waals surface area contributed by atoms with Crippen molar-refractivity contribution in [3.63, 3.8) is 0 Å². The van der Waals surface area contributed by atoms with E-state index in [1.54, 1.807) is 0 Å². The van der Waals surface area contributed by atoms with Crippen molar-refractivity contribution in [1.29, 1.82) is 0 Å². The van der Waals surface area contributed by atoms with Crippen molar-refractivity contribution in [2.24, 2.45) is 0 Å². The lowest BCUT2D eigenvalue weighted by atomic mass is 9.98. The Morgan fingerprint density at radius 2 is 2.05 bits per heavy atom. The lowest BCUT2D eigenvalue weighted by Crippen LogP contribution is -2.03. The standard InChI is InChI=1S/C16H14ClNO2/c1-9-2-4-12(13(17)6-9)16(20)10-3-5-14-11(7-10)8-15(19)18-14/h2-7,16,20H,8H2,1H3,(H,18,19). The summed E-state index contributed by atoms with van der Waals surface area (Å²) in [7, 11) is 0. The van der Waals surface area contributed by atoms with Gasteiger partial charge in [-0.2, -0.15) is 0 Å². The van der Waals surface area contributed by atoms with Gasteiger partial charge in [-0.15, -0.1) is 0 Å². The number of fused-ring (bicyclic) bond motifs is 1. The number of carbonyl (C=O) groups is 1. The molecule has 1 atom stereocenters. The van der Waals surface area contributed by atoms with Gasteiger partial charge in [-0.3, -0.25) is 4.79 Å². The fourth-order valence-electron chi connectivity index (χ4n) is 2.45. The van der Waals surface area contributed by atoms with Crippen molar-refractivity contribution >= 4 is 23.2 Å². The second-order valence-electron chi connectivity index (χ2n) is 5.07. The first-order chi connectivity index (χ1) is 9.54. The second kappa shape index (κ2) is 4.93. The number of rotatable bonds is 2. The van der Waals surface area contributed by atoms with Gasteiger partial charge < -0.3 is 10.4 Å². The van der Waals surface area contributed by atoms with Gasteiger partial charge in [0.25, 0.3) is 0 Å². The highest BCUT2D eigenvalue weighted by Crippen LogP contribution is 2.32. The molecule has 0 radical (unpaired) electrons. The van der Waals surface area contributed by atoms with Gasteiger partial charge in [0.1, 0.15) is 6.10 Å². The average Bonchev–Trinajstić information content (AvgIpc) is 2.77. The normalized spacial score (nSPS) is 14.8. The van der Waals surface area contributed by atoms with Gasteiger partial charge in [-0.1, -0.05) is 35.9 Å². The van der Waals surface area contributed by atoms with Crippen LogP contribution in [0.4, 0.5) is 5.69 Å². The van der Waals surface area contributed by atoms with E-state index in [4.69, 9.17) is 11.6 Å². The minimum absolute atomic E-state index is 0.0139. The Balaban J connectivity index is 1.97. The molecule has 0 aliphatic carbocycles. The Labute approximate surface area is 122 Å². The van der Waals surface area contributed by atoms with Crippen LogP contribution in [0.25, 0.3) is 0 Å². The molecule has 0 fully saturated rings. The summed E-state index contributed by atoms with van der Waals surface area (Å²) in [4.78, 5) is 11.3. The van der Waals surface area contributed by atoms with Crippen molar-refractivity contribution in [2.75, 3.05) is 5.32 Å². The van der Waals surface area contributed by atoms with Crippen molar-refractivity contribution in [1.82, 2.24) is 0 Å².